The second-order valence-corrected chi connectivity index (χ2v) is 6.94. The van der Waals surface area contributed by atoms with Crippen molar-refractivity contribution in [2.24, 2.45) is 0 Å². The fourth-order valence-corrected chi connectivity index (χ4v) is 3.60. The number of alkyl halides is 3. The Bertz CT molecular complexity index is 670. The maximum Gasteiger partial charge on any atom is 0.416 e. The lowest BCUT2D eigenvalue weighted by Gasteiger charge is -2.36. The van der Waals surface area contributed by atoms with Crippen LogP contribution in [0.15, 0.2) is 24.3 Å². The third kappa shape index (κ3) is 4.73. The molecule has 3 rings (SSSR count). The topological polar surface area (TPSA) is 49.9 Å². The van der Waals surface area contributed by atoms with Crippen LogP contribution < -0.4 is 4.74 Å². The van der Waals surface area contributed by atoms with Crippen LogP contribution in [0.4, 0.5) is 13.2 Å². The summed E-state index contributed by atoms with van der Waals surface area (Å²) in [5, 5.41) is 0. The van der Waals surface area contributed by atoms with Gasteiger partial charge in [0, 0.05) is 19.6 Å². The average molecular weight is 384 g/mol. The molecule has 2 aliphatic rings. The van der Waals surface area contributed by atoms with Crippen LogP contribution >= 0.6 is 0 Å². The van der Waals surface area contributed by atoms with Gasteiger partial charge in [-0.15, -0.1) is 0 Å². The Kier molecular flexibility index (Phi) is 5.92. The molecule has 2 aliphatic heterocycles. The number of carbonyl (C=O) groups excluding carboxylic acids is 2. The minimum atomic E-state index is -4.41. The van der Waals surface area contributed by atoms with Crippen molar-refractivity contribution >= 4 is 11.8 Å². The lowest BCUT2D eigenvalue weighted by atomic mass is 10.0. The molecule has 27 heavy (non-hydrogen) atoms. The zero-order valence-corrected chi connectivity index (χ0v) is 15.0. The predicted octanol–water partition coefficient (Wildman–Crippen LogP) is 3.09. The van der Waals surface area contributed by atoms with E-state index in [1.165, 1.54) is 12.1 Å². The molecule has 1 aromatic rings. The molecule has 148 valence electrons. The standard InChI is InChI=1S/C19H23F3N2O3/c20-19(21,22)14-6-8-15(9-7-14)27-13-17(25)24-12-2-1-5-16(24)18(26)23-10-3-4-11-23/h6-9,16H,1-5,10-13H2. The number of halogens is 3. The van der Waals surface area contributed by atoms with Crippen LogP contribution in [0.5, 0.6) is 5.75 Å². The quantitative estimate of drug-likeness (QED) is 0.802. The molecule has 1 atom stereocenters. The summed E-state index contributed by atoms with van der Waals surface area (Å²) in [4.78, 5) is 28.7. The van der Waals surface area contributed by atoms with Crippen LogP contribution in [-0.2, 0) is 15.8 Å². The van der Waals surface area contributed by atoms with Crippen LogP contribution in [0.2, 0.25) is 0 Å². The van der Waals surface area contributed by atoms with E-state index in [1.807, 2.05) is 4.90 Å². The van der Waals surface area contributed by atoms with Crippen LogP contribution in [-0.4, -0.2) is 53.9 Å². The number of nitrogens with zero attached hydrogens (tertiary/aromatic N) is 2. The van der Waals surface area contributed by atoms with Gasteiger partial charge in [-0.25, -0.2) is 0 Å². The van der Waals surface area contributed by atoms with E-state index in [0.29, 0.717) is 13.0 Å². The monoisotopic (exact) mass is 384 g/mol. The van der Waals surface area contributed by atoms with Gasteiger partial charge in [0.2, 0.25) is 5.91 Å². The lowest BCUT2D eigenvalue weighted by Crippen LogP contribution is -2.53. The van der Waals surface area contributed by atoms with Crippen molar-refractivity contribution in [3.05, 3.63) is 29.8 Å². The van der Waals surface area contributed by atoms with Crippen LogP contribution in [0.25, 0.3) is 0 Å². The first-order valence-electron chi connectivity index (χ1n) is 9.24. The summed E-state index contributed by atoms with van der Waals surface area (Å²) >= 11 is 0. The molecule has 0 N–H and O–H groups in total. The number of rotatable bonds is 4. The van der Waals surface area contributed by atoms with E-state index in [4.69, 9.17) is 4.74 Å². The zero-order chi connectivity index (χ0) is 19.4. The summed E-state index contributed by atoms with van der Waals surface area (Å²) in [6.45, 7) is 1.67. The summed E-state index contributed by atoms with van der Waals surface area (Å²) < 4.78 is 43.1. The van der Waals surface area contributed by atoms with Gasteiger partial charge < -0.3 is 14.5 Å². The molecule has 2 amide bonds. The van der Waals surface area contributed by atoms with E-state index in [2.05, 4.69) is 0 Å². The van der Waals surface area contributed by atoms with Crippen LogP contribution in [0.3, 0.4) is 0 Å². The number of benzene rings is 1. The van der Waals surface area contributed by atoms with Gasteiger partial charge in [0.15, 0.2) is 6.61 Å². The normalized spacial score (nSPS) is 20.6. The summed E-state index contributed by atoms with van der Waals surface area (Å²) in [5.74, 6) is -0.127. The Morgan fingerprint density at radius 2 is 1.63 bits per heavy atom. The van der Waals surface area contributed by atoms with E-state index in [1.54, 1.807) is 4.90 Å². The Morgan fingerprint density at radius 1 is 1.00 bits per heavy atom. The number of carbonyl (C=O) groups is 2. The van der Waals surface area contributed by atoms with Crippen molar-refractivity contribution < 1.29 is 27.5 Å². The van der Waals surface area contributed by atoms with Crippen LogP contribution in [0, 0.1) is 0 Å². The predicted molar refractivity (Wildman–Crippen MR) is 92.1 cm³/mol. The number of ether oxygens (including phenoxy) is 1. The summed E-state index contributed by atoms with van der Waals surface area (Å²) in [6, 6.07) is 3.76. The number of hydrogen-bond donors (Lipinski definition) is 0. The largest absolute Gasteiger partial charge is 0.484 e. The third-order valence-electron chi connectivity index (χ3n) is 5.07. The highest BCUT2D eigenvalue weighted by Gasteiger charge is 2.35. The minimum Gasteiger partial charge on any atom is -0.484 e. The molecule has 5 nitrogen and oxygen atoms in total. The molecular formula is C19H23F3N2O3. The molecule has 0 radical (unpaired) electrons. The molecule has 0 spiro atoms. The molecule has 8 heteroatoms. The number of piperidine rings is 1. The lowest BCUT2D eigenvalue weighted by molar-refractivity contribution is -0.148. The van der Waals surface area contributed by atoms with Crippen molar-refractivity contribution in [3.8, 4) is 5.75 Å². The molecular weight excluding hydrogens is 361 g/mol. The average Bonchev–Trinajstić information content (AvgIpc) is 3.20. The molecule has 2 fully saturated rings. The van der Waals surface area contributed by atoms with Crippen molar-refractivity contribution in [2.75, 3.05) is 26.2 Å². The fourth-order valence-electron chi connectivity index (χ4n) is 3.60. The molecule has 1 unspecified atom stereocenters. The summed E-state index contributed by atoms with van der Waals surface area (Å²) in [5.41, 5.74) is -0.770. The Morgan fingerprint density at radius 3 is 2.26 bits per heavy atom. The van der Waals surface area contributed by atoms with E-state index in [9.17, 15) is 22.8 Å². The molecule has 2 saturated heterocycles. The highest BCUT2D eigenvalue weighted by atomic mass is 19.4. The maximum atomic E-state index is 12.7. The number of amides is 2. The van der Waals surface area contributed by atoms with Gasteiger partial charge >= 0.3 is 6.18 Å². The van der Waals surface area contributed by atoms with E-state index in [0.717, 1.165) is 50.9 Å². The fraction of sp³-hybridized carbons (Fsp3) is 0.579. The smallest absolute Gasteiger partial charge is 0.416 e. The van der Waals surface area contributed by atoms with Gasteiger partial charge in [-0.3, -0.25) is 9.59 Å². The minimum absolute atomic E-state index is 0.00456. The van der Waals surface area contributed by atoms with Crippen molar-refractivity contribution in [3.63, 3.8) is 0 Å². The molecule has 0 bridgehead atoms. The maximum absolute atomic E-state index is 12.7. The van der Waals surface area contributed by atoms with Crippen molar-refractivity contribution in [1.29, 1.82) is 0 Å². The highest BCUT2D eigenvalue weighted by molar-refractivity contribution is 5.88. The van der Waals surface area contributed by atoms with Gasteiger partial charge in [0.25, 0.3) is 5.91 Å². The number of likely N-dealkylation sites (tertiary alicyclic amines) is 2. The second-order valence-electron chi connectivity index (χ2n) is 6.94. The van der Waals surface area contributed by atoms with Gasteiger partial charge in [0.1, 0.15) is 11.8 Å². The van der Waals surface area contributed by atoms with Gasteiger partial charge in [0.05, 0.1) is 5.56 Å². The van der Waals surface area contributed by atoms with E-state index >= 15 is 0 Å². The highest BCUT2D eigenvalue weighted by Crippen LogP contribution is 2.30. The first kappa shape index (κ1) is 19.5. The third-order valence-corrected chi connectivity index (χ3v) is 5.07. The van der Waals surface area contributed by atoms with Gasteiger partial charge in [-0.05, 0) is 56.4 Å². The SMILES string of the molecule is O=C(C1CCCCN1C(=O)COc1ccc(C(F)(F)F)cc1)N1CCCC1. The zero-order valence-electron chi connectivity index (χ0n) is 15.0. The van der Waals surface area contributed by atoms with E-state index in [-0.39, 0.29) is 24.2 Å². The second kappa shape index (κ2) is 8.19. The van der Waals surface area contributed by atoms with Gasteiger partial charge in [-0.2, -0.15) is 13.2 Å². The molecule has 0 aliphatic carbocycles. The number of hydrogen-bond acceptors (Lipinski definition) is 3. The summed E-state index contributed by atoms with van der Waals surface area (Å²) in [6.07, 6.45) is -0.0663. The molecule has 0 saturated carbocycles. The molecule has 1 aromatic carbocycles. The van der Waals surface area contributed by atoms with E-state index < -0.39 is 17.8 Å². The molecule has 0 aromatic heterocycles. The van der Waals surface area contributed by atoms with Crippen LogP contribution in [0.1, 0.15) is 37.7 Å². The first-order valence-corrected chi connectivity index (χ1v) is 9.24. The Hall–Kier alpha value is -2.25. The Labute approximate surface area is 156 Å². The van der Waals surface area contributed by atoms with Gasteiger partial charge in [-0.1, -0.05) is 0 Å². The van der Waals surface area contributed by atoms with Crippen molar-refractivity contribution in [2.45, 2.75) is 44.3 Å². The summed E-state index contributed by atoms with van der Waals surface area (Å²) in [7, 11) is 0. The first-order chi connectivity index (χ1) is 12.9. The molecule has 2 heterocycles. The Balaban J connectivity index is 1.59. The van der Waals surface area contributed by atoms with Crippen molar-refractivity contribution in [1.82, 2.24) is 9.80 Å².